The Bertz CT molecular complexity index is 776. The first-order valence-electron chi connectivity index (χ1n) is 6.93. The fourth-order valence-corrected chi connectivity index (χ4v) is 2.22. The van der Waals surface area contributed by atoms with Gasteiger partial charge in [-0.2, -0.15) is 0 Å². The van der Waals surface area contributed by atoms with Gasteiger partial charge in [-0.3, -0.25) is 0 Å². The van der Waals surface area contributed by atoms with Crippen molar-refractivity contribution in [3.63, 3.8) is 0 Å². The molecule has 2 aromatic rings. The van der Waals surface area contributed by atoms with Crippen LogP contribution in [0.3, 0.4) is 0 Å². The Balaban J connectivity index is 1.80. The molecule has 0 aromatic heterocycles. The molecule has 0 fully saturated rings. The number of halogens is 1. The summed E-state index contributed by atoms with van der Waals surface area (Å²) in [7, 11) is 0. The maximum Gasteiger partial charge on any atom is 0.363 e. The van der Waals surface area contributed by atoms with Gasteiger partial charge in [0, 0.05) is 6.42 Å². The highest BCUT2D eigenvalue weighted by Gasteiger charge is 2.22. The zero-order chi connectivity index (χ0) is 15.5. The van der Waals surface area contributed by atoms with Crippen LogP contribution in [0, 0.1) is 12.7 Å². The standard InChI is InChI=1S/C18H14FNO2/c1-12-3-2-4-14(9-12)10-16-18(21)22-17(20-16)11-13-5-7-15(19)8-6-13/h2-10H,11H2,1H3/b16-10+. The summed E-state index contributed by atoms with van der Waals surface area (Å²) < 4.78 is 18.0. The quantitative estimate of drug-likeness (QED) is 0.640. The molecule has 0 spiro atoms. The number of aryl methyl sites for hydroxylation is 1. The van der Waals surface area contributed by atoms with Crippen LogP contribution in [-0.4, -0.2) is 11.9 Å². The average molecular weight is 295 g/mol. The number of cyclic esters (lactones) is 1. The molecule has 3 rings (SSSR count). The molecule has 0 bridgehead atoms. The second kappa shape index (κ2) is 5.93. The fraction of sp³-hybridized carbons (Fsp3) is 0.111. The average Bonchev–Trinajstić information content (AvgIpc) is 2.81. The monoisotopic (exact) mass is 295 g/mol. The summed E-state index contributed by atoms with van der Waals surface area (Å²) in [5, 5.41) is 0. The lowest BCUT2D eigenvalue weighted by Gasteiger charge is -1.99. The summed E-state index contributed by atoms with van der Waals surface area (Å²) in [6.45, 7) is 1.98. The number of ether oxygens (including phenoxy) is 1. The number of hydrogen-bond donors (Lipinski definition) is 0. The van der Waals surface area contributed by atoms with Crippen molar-refractivity contribution in [2.75, 3.05) is 0 Å². The summed E-state index contributed by atoms with van der Waals surface area (Å²) in [5.41, 5.74) is 3.13. The lowest BCUT2D eigenvalue weighted by Crippen LogP contribution is -2.06. The zero-order valence-corrected chi connectivity index (χ0v) is 12.0. The normalized spacial score (nSPS) is 15.8. The highest BCUT2D eigenvalue weighted by Crippen LogP contribution is 2.18. The van der Waals surface area contributed by atoms with Gasteiger partial charge in [0.2, 0.25) is 5.90 Å². The predicted octanol–water partition coefficient (Wildman–Crippen LogP) is 3.67. The van der Waals surface area contributed by atoms with Gasteiger partial charge in [-0.25, -0.2) is 14.2 Å². The highest BCUT2D eigenvalue weighted by molar-refractivity contribution is 6.07. The van der Waals surface area contributed by atoms with Gasteiger partial charge in [0.25, 0.3) is 0 Å². The molecule has 3 nitrogen and oxygen atoms in total. The van der Waals surface area contributed by atoms with E-state index in [4.69, 9.17) is 4.74 Å². The molecule has 22 heavy (non-hydrogen) atoms. The van der Waals surface area contributed by atoms with Crippen LogP contribution in [-0.2, 0) is 16.0 Å². The van der Waals surface area contributed by atoms with Crippen molar-refractivity contribution in [2.45, 2.75) is 13.3 Å². The smallest absolute Gasteiger partial charge is 0.363 e. The van der Waals surface area contributed by atoms with Crippen LogP contribution in [0.5, 0.6) is 0 Å². The minimum absolute atomic E-state index is 0.280. The van der Waals surface area contributed by atoms with Gasteiger partial charge in [-0.05, 0) is 36.3 Å². The lowest BCUT2D eigenvalue weighted by molar-refractivity contribution is -0.130. The van der Waals surface area contributed by atoms with Crippen LogP contribution in [0.1, 0.15) is 16.7 Å². The highest BCUT2D eigenvalue weighted by atomic mass is 19.1. The first-order valence-corrected chi connectivity index (χ1v) is 6.93. The third kappa shape index (κ3) is 3.28. The largest absolute Gasteiger partial charge is 0.406 e. The van der Waals surface area contributed by atoms with Gasteiger partial charge >= 0.3 is 5.97 Å². The van der Waals surface area contributed by atoms with Crippen molar-refractivity contribution in [1.82, 2.24) is 0 Å². The topological polar surface area (TPSA) is 38.7 Å². The number of carbonyl (C=O) groups excluding carboxylic acids is 1. The van der Waals surface area contributed by atoms with E-state index >= 15 is 0 Å². The molecular weight excluding hydrogens is 281 g/mol. The molecule has 0 radical (unpaired) electrons. The third-order valence-corrected chi connectivity index (χ3v) is 3.28. The number of carbonyl (C=O) groups is 1. The predicted molar refractivity (Wildman–Crippen MR) is 82.8 cm³/mol. The molecular formula is C18H14FNO2. The molecule has 0 atom stereocenters. The number of esters is 1. The SMILES string of the molecule is Cc1cccc(/C=C2/N=C(Cc3ccc(F)cc3)OC2=O)c1. The maximum atomic E-state index is 12.9. The van der Waals surface area contributed by atoms with Crippen LogP contribution < -0.4 is 0 Å². The molecule has 1 aliphatic heterocycles. The lowest BCUT2D eigenvalue weighted by atomic mass is 10.1. The van der Waals surface area contributed by atoms with E-state index in [0.29, 0.717) is 12.3 Å². The van der Waals surface area contributed by atoms with Crippen LogP contribution in [0.4, 0.5) is 4.39 Å². The van der Waals surface area contributed by atoms with Crippen molar-refractivity contribution < 1.29 is 13.9 Å². The number of nitrogens with zero attached hydrogens (tertiary/aromatic N) is 1. The van der Waals surface area contributed by atoms with Gasteiger partial charge in [-0.1, -0.05) is 42.0 Å². The van der Waals surface area contributed by atoms with Crippen LogP contribution in [0.25, 0.3) is 6.08 Å². The third-order valence-electron chi connectivity index (χ3n) is 3.28. The second-order valence-corrected chi connectivity index (χ2v) is 5.14. The van der Waals surface area contributed by atoms with Crippen molar-refractivity contribution in [2.24, 2.45) is 4.99 Å². The molecule has 2 aromatic carbocycles. The summed E-state index contributed by atoms with van der Waals surface area (Å²) in [6, 6.07) is 13.8. The number of aliphatic imine (C=N–C) groups is 1. The van der Waals surface area contributed by atoms with E-state index in [1.54, 1.807) is 18.2 Å². The summed E-state index contributed by atoms with van der Waals surface area (Å²) >= 11 is 0. The summed E-state index contributed by atoms with van der Waals surface area (Å²) in [6.07, 6.45) is 2.06. The van der Waals surface area contributed by atoms with Crippen LogP contribution in [0.2, 0.25) is 0 Å². The Kier molecular flexibility index (Phi) is 3.83. The number of rotatable bonds is 3. The molecule has 4 heteroatoms. The van der Waals surface area contributed by atoms with E-state index in [1.807, 2.05) is 31.2 Å². The van der Waals surface area contributed by atoms with Gasteiger partial charge in [-0.15, -0.1) is 0 Å². The van der Waals surface area contributed by atoms with Crippen LogP contribution >= 0.6 is 0 Å². The maximum absolute atomic E-state index is 12.9. The number of benzene rings is 2. The van der Waals surface area contributed by atoms with Crippen molar-refractivity contribution >= 4 is 17.9 Å². The van der Waals surface area contributed by atoms with Gasteiger partial charge in [0.05, 0.1) is 0 Å². The molecule has 0 amide bonds. The van der Waals surface area contributed by atoms with Crippen molar-refractivity contribution in [1.29, 1.82) is 0 Å². The molecule has 0 unspecified atom stereocenters. The van der Waals surface area contributed by atoms with Crippen LogP contribution in [0.15, 0.2) is 59.2 Å². The molecule has 1 aliphatic rings. The summed E-state index contributed by atoms with van der Waals surface area (Å²) in [4.78, 5) is 16.1. The molecule has 1 heterocycles. The van der Waals surface area contributed by atoms with Crippen molar-refractivity contribution in [3.05, 3.63) is 76.7 Å². The Labute approximate surface area is 127 Å². The van der Waals surface area contributed by atoms with E-state index < -0.39 is 5.97 Å². The Morgan fingerprint density at radius 1 is 1.18 bits per heavy atom. The van der Waals surface area contributed by atoms with Crippen molar-refractivity contribution in [3.8, 4) is 0 Å². The van der Waals surface area contributed by atoms with E-state index in [2.05, 4.69) is 4.99 Å². The van der Waals surface area contributed by atoms with Gasteiger partial charge in [0.1, 0.15) is 5.82 Å². The Morgan fingerprint density at radius 3 is 2.68 bits per heavy atom. The molecule has 0 N–H and O–H groups in total. The zero-order valence-electron chi connectivity index (χ0n) is 12.0. The van der Waals surface area contributed by atoms with Gasteiger partial charge < -0.3 is 4.74 Å². The first kappa shape index (κ1) is 14.2. The second-order valence-electron chi connectivity index (χ2n) is 5.14. The van der Waals surface area contributed by atoms with E-state index in [1.165, 1.54) is 12.1 Å². The number of hydrogen-bond acceptors (Lipinski definition) is 3. The first-order chi connectivity index (χ1) is 10.6. The molecule has 0 aliphatic carbocycles. The molecule has 110 valence electrons. The Hall–Kier alpha value is -2.75. The Morgan fingerprint density at radius 2 is 1.95 bits per heavy atom. The van der Waals surface area contributed by atoms with E-state index in [-0.39, 0.29) is 11.5 Å². The fourth-order valence-electron chi connectivity index (χ4n) is 2.22. The van der Waals surface area contributed by atoms with Gasteiger partial charge in [0.15, 0.2) is 5.70 Å². The van der Waals surface area contributed by atoms with E-state index in [9.17, 15) is 9.18 Å². The summed E-state index contributed by atoms with van der Waals surface area (Å²) in [5.74, 6) is -0.428. The minimum atomic E-state index is -0.460. The molecule has 0 saturated heterocycles. The molecule has 0 saturated carbocycles. The minimum Gasteiger partial charge on any atom is -0.406 e. The van der Waals surface area contributed by atoms with E-state index in [0.717, 1.165) is 16.7 Å².